The van der Waals surface area contributed by atoms with Crippen LogP contribution in [0.25, 0.3) is 0 Å². The summed E-state index contributed by atoms with van der Waals surface area (Å²) in [5, 5.41) is 3.15. The Balaban J connectivity index is 2.14. The molecular formula is C16H23NO. The van der Waals surface area contributed by atoms with Crippen molar-refractivity contribution < 1.29 is 4.79 Å². The van der Waals surface area contributed by atoms with E-state index in [1.54, 1.807) is 0 Å². The average molecular weight is 245 g/mol. The second-order valence-electron chi connectivity index (χ2n) is 5.70. The molecule has 1 aromatic carbocycles. The van der Waals surface area contributed by atoms with Gasteiger partial charge in [-0.2, -0.15) is 0 Å². The summed E-state index contributed by atoms with van der Waals surface area (Å²) in [5.41, 5.74) is 1.32. The summed E-state index contributed by atoms with van der Waals surface area (Å²) in [7, 11) is 0. The van der Waals surface area contributed by atoms with Crippen LogP contribution in [0.1, 0.15) is 57.6 Å². The van der Waals surface area contributed by atoms with Crippen molar-refractivity contribution in [3.05, 3.63) is 35.9 Å². The summed E-state index contributed by atoms with van der Waals surface area (Å²) in [6, 6.07) is 10.5. The van der Waals surface area contributed by atoms with E-state index in [4.69, 9.17) is 0 Å². The third-order valence-corrected chi connectivity index (χ3v) is 4.05. The molecule has 98 valence electrons. The van der Waals surface area contributed by atoms with Crippen LogP contribution < -0.4 is 5.32 Å². The fourth-order valence-corrected chi connectivity index (χ4v) is 3.00. The van der Waals surface area contributed by atoms with E-state index in [1.165, 1.54) is 24.8 Å². The molecule has 2 atom stereocenters. The van der Waals surface area contributed by atoms with Gasteiger partial charge in [-0.25, -0.2) is 0 Å². The maximum Gasteiger partial charge on any atom is 0.221 e. The largest absolute Gasteiger partial charge is 0.349 e. The summed E-state index contributed by atoms with van der Waals surface area (Å²) >= 11 is 0. The van der Waals surface area contributed by atoms with E-state index < -0.39 is 0 Å². The van der Waals surface area contributed by atoms with Crippen LogP contribution in [0.4, 0.5) is 0 Å². The molecule has 1 aromatic rings. The number of carbonyl (C=O) groups is 1. The molecule has 0 bridgehead atoms. The molecule has 1 saturated heterocycles. The van der Waals surface area contributed by atoms with Gasteiger partial charge in [-0.05, 0) is 12.0 Å². The zero-order chi connectivity index (χ0) is 13.0. The van der Waals surface area contributed by atoms with Gasteiger partial charge in [0, 0.05) is 11.8 Å². The molecule has 1 amide bonds. The van der Waals surface area contributed by atoms with Crippen molar-refractivity contribution >= 4 is 5.91 Å². The topological polar surface area (TPSA) is 29.1 Å². The number of nitrogens with one attached hydrogen (secondary N) is 1. The number of amides is 1. The third-order valence-electron chi connectivity index (χ3n) is 4.05. The van der Waals surface area contributed by atoms with Crippen LogP contribution >= 0.6 is 0 Å². The van der Waals surface area contributed by atoms with Gasteiger partial charge in [-0.1, -0.05) is 63.4 Å². The van der Waals surface area contributed by atoms with Crippen LogP contribution in [0.15, 0.2) is 30.3 Å². The lowest BCUT2D eigenvalue weighted by Gasteiger charge is -2.30. The maximum atomic E-state index is 11.8. The second-order valence-corrected chi connectivity index (χ2v) is 5.70. The molecule has 2 heteroatoms. The molecule has 2 unspecified atom stereocenters. The molecule has 1 N–H and O–H groups in total. The van der Waals surface area contributed by atoms with E-state index in [0.717, 1.165) is 6.42 Å². The van der Waals surface area contributed by atoms with Gasteiger partial charge in [-0.15, -0.1) is 0 Å². The summed E-state index contributed by atoms with van der Waals surface area (Å²) in [4.78, 5) is 11.8. The Morgan fingerprint density at radius 1 is 1.28 bits per heavy atom. The van der Waals surface area contributed by atoms with Crippen molar-refractivity contribution in [3.8, 4) is 0 Å². The summed E-state index contributed by atoms with van der Waals surface area (Å²) in [5.74, 6) is 0.197. The number of hydrogen-bond acceptors (Lipinski definition) is 1. The Morgan fingerprint density at radius 3 is 2.67 bits per heavy atom. The zero-order valence-corrected chi connectivity index (χ0v) is 11.4. The molecule has 0 saturated carbocycles. The van der Waals surface area contributed by atoms with Gasteiger partial charge in [0.1, 0.15) is 0 Å². The van der Waals surface area contributed by atoms with Gasteiger partial charge >= 0.3 is 0 Å². The highest BCUT2D eigenvalue weighted by molar-refractivity contribution is 5.80. The van der Waals surface area contributed by atoms with Gasteiger partial charge in [0.25, 0.3) is 0 Å². The van der Waals surface area contributed by atoms with Crippen molar-refractivity contribution in [1.82, 2.24) is 5.32 Å². The molecular weight excluding hydrogens is 222 g/mol. The van der Waals surface area contributed by atoms with Crippen LogP contribution in [0, 0.1) is 5.41 Å². The normalized spacial score (nSPS) is 27.2. The number of unbranched alkanes of at least 4 members (excludes halogenated alkanes) is 2. The monoisotopic (exact) mass is 245 g/mol. The number of benzene rings is 1. The van der Waals surface area contributed by atoms with E-state index in [1.807, 2.05) is 18.2 Å². The minimum atomic E-state index is 0.0770. The smallest absolute Gasteiger partial charge is 0.221 e. The summed E-state index contributed by atoms with van der Waals surface area (Å²) in [6.45, 7) is 4.47. The molecule has 1 heterocycles. The Morgan fingerprint density at radius 2 is 2.00 bits per heavy atom. The lowest BCUT2D eigenvalue weighted by Crippen LogP contribution is -2.26. The third kappa shape index (κ3) is 2.74. The maximum absolute atomic E-state index is 11.8. The lowest BCUT2D eigenvalue weighted by atomic mass is 9.75. The van der Waals surface area contributed by atoms with Crippen molar-refractivity contribution in [2.45, 2.75) is 52.0 Å². The minimum absolute atomic E-state index is 0.0770. The highest BCUT2D eigenvalue weighted by Crippen LogP contribution is 2.45. The van der Waals surface area contributed by atoms with Gasteiger partial charge in [-0.3, -0.25) is 4.79 Å². The van der Waals surface area contributed by atoms with Crippen LogP contribution in [0.3, 0.4) is 0 Å². The first-order chi connectivity index (χ1) is 8.65. The van der Waals surface area contributed by atoms with Crippen LogP contribution in [-0.2, 0) is 4.79 Å². The van der Waals surface area contributed by atoms with E-state index in [9.17, 15) is 4.79 Å². The molecule has 0 aliphatic carbocycles. The van der Waals surface area contributed by atoms with E-state index >= 15 is 0 Å². The second kappa shape index (κ2) is 5.55. The standard InChI is InChI=1S/C16H23NO/c1-3-4-8-11-16(2)12-14(18)17-15(16)13-9-6-5-7-10-13/h5-7,9-10,15H,3-4,8,11-12H2,1-2H3,(H,17,18). The molecule has 2 rings (SSSR count). The van der Waals surface area contributed by atoms with Crippen molar-refractivity contribution in [1.29, 1.82) is 0 Å². The Hall–Kier alpha value is -1.31. The predicted molar refractivity (Wildman–Crippen MR) is 74.2 cm³/mol. The van der Waals surface area contributed by atoms with Crippen LogP contribution in [0.5, 0.6) is 0 Å². The fraction of sp³-hybridized carbons (Fsp3) is 0.562. The SMILES string of the molecule is CCCCCC1(C)CC(=O)NC1c1ccccc1. The summed E-state index contributed by atoms with van der Waals surface area (Å²) in [6.07, 6.45) is 5.49. The van der Waals surface area contributed by atoms with E-state index in [-0.39, 0.29) is 17.4 Å². The fourth-order valence-electron chi connectivity index (χ4n) is 3.00. The van der Waals surface area contributed by atoms with Crippen molar-refractivity contribution in [2.75, 3.05) is 0 Å². The number of rotatable bonds is 5. The predicted octanol–water partition coefficient (Wildman–Crippen LogP) is 3.83. The quantitative estimate of drug-likeness (QED) is 0.785. The molecule has 0 spiro atoms. The molecule has 1 fully saturated rings. The van der Waals surface area contributed by atoms with Crippen LogP contribution in [0.2, 0.25) is 0 Å². The van der Waals surface area contributed by atoms with E-state index in [2.05, 4.69) is 31.3 Å². The van der Waals surface area contributed by atoms with Crippen molar-refractivity contribution in [2.24, 2.45) is 5.41 Å². The first kappa shape index (κ1) is 13.1. The van der Waals surface area contributed by atoms with Crippen LogP contribution in [-0.4, -0.2) is 5.91 Å². The highest BCUT2D eigenvalue weighted by Gasteiger charge is 2.43. The molecule has 1 aliphatic rings. The van der Waals surface area contributed by atoms with Gasteiger partial charge < -0.3 is 5.32 Å². The Kier molecular flexibility index (Phi) is 4.05. The number of hydrogen-bond donors (Lipinski definition) is 1. The first-order valence-electron chi connectivity index (χ1n) is 7.00. The van der Waals surface area contributed by atoms with Crippen molar-refractivity contribution in [3.63, 3.8) is 0 Å². The molecule has 18 heavy (non-hydrogen) atoms. The summed E-state index contributed by atoms with van der Waals surface area (Å²) < 4.78 is 0. The number of carbonyl (C=O) groups excluding carboxylic acids is 1. The van der Waals surface area contributed by atoms with Gasteiger partial charge in [0.2, 0.25) is 5.91 Å². The molecule has 0 aromatic heterocycles. The van der Waals surface area contributed by atoms with Gasteiger partial charge in [0.15, 0.2) is 0 Å². The Bertz CT molecular complexity index is 401. The van der Waals surface area contributed by atoms with E-state index in [0.29, 0.717) is 6.42 Å². The van der Waals surface area contributed by atoms with Gasteiger partial charge in [0.05, 0.1) is 6.04 Å². The Labute approximate surface area is 110 Å². The molecule has 2 nitrogen and oxygen atoms in total. The average Bonchev–Trinajstić information content (AvgIpc) is 2.66. The highest BCUT2D eigenvalue weighted by atomic mass is 16.2. The lowest BCUT2D eigenvalue weighted by molar-refractivity contribution is -0.119. The minimum Gasteiger partial charge on any atom is -0.349 e. The molecule has 0 radical (unpaired) electrons. The zero-order valence-electron chi connectivity index (χ0n) is 11.4. The molecule has 1 aliphatic heterocycles. The first-order valence-corrected chi connectivity index (χ1v) is 7.00.